The molecule has 0 aliphatic carbocycles. The van der Waals surface area contributed by atoms with Gasteiger partial charge in [0.2, 0.25) is 6.39 Å². The Labute approximate surface area is 106 Å². The molecule has 2 heterocycles. The highest BCUT2D eigenvalue weighted by Crippen LogP contribution is 2.28. The smallest absolute Gasteiger partial charge is 0.213 e. The summed E-state index contributed by atoms with van der Waals surface area (Å²) in [6.07, 6.45) is 1.24. The number of halogens is 3. The van der Waals surface area contributed by atoms with Crippen LogP contribution >= 0.6 is 34.8 Å². The van der Waals surface area contributed by atoms with Crippen LogP contribution in [0, 0.1) is 0 Å². The van der Waals surface area contributed by atoms with Crippen LogP contribution in [0.25, 0.3) is 0 Å². The summed E-state index contributed by atoms with van der Waals surface area (Å²) in [5, 5.41) is 7.39. The third-order valence-electron chi connectivity index (χ3n) is 1.71. The maximum absolute atomic E-state index is 5.91. The molecule has 2 rings (SSSR count). The highest BCUT2D eigenvalue weighted by Gasteiger charge is 2.08. The molecule has 0 atom stereocenters. The van der Waals surface area contributed by atoms with E-state index in [2.05, 4.69) is 25.0 Å². The maximum atomic E-state index is 5.91. The van der Waals surface area contributed by atoms with Crippen LogP contribution in [0.15, 0.2) is 17.0 Å². The monoisotopic (exact) mass is 278 g/mol. The van der Waals surface area contributed by atoms with Crippen molar-refractivity contribution in [2.75, 3.05) is 5.32 Å². The first-order valence-electron chi connectivity index (χ1n) is 4.17. The minimum Gasteiger partial charge on any atom is -0.361 e. The Hall–Kier alpha value is -1.04. The largest absolute Gasteiger partial charge is 0.361 e. The molecule has 0 aliphatic rings. The van der Waals surface area contributed by atoms with Crippen LogP contribution in [0.4, 0.5) is 5.82 Å². The lowest BCUT2D eigenvalue weighted by molar-refractivity contribution is 0.411. The van der Waals surface area contributed by atoms with Gasteiger partial charge in [-0.05, 0) is 6.07 Å². The number of nitrogens with one attached hydrogen (secondary N) is 1. The average molecular weight is 280 g/mol. The molecule has 0 saturated heterocycles. The second kappa shape index (κ2) is 4.86. The van der Waals surface area contributed by atoms with Crippen LogP contribution in [0.5, 0.6) is 0 Å². The van der Waals surface area contributed by atoms with Crippen LogP contribution in [-0.4, -0.2) is 15.1 Å². The van der Waals surface area contributed by atoms with Gasteiger partial charge in [0.05, 0.1) is 16.6 Å². The minimum atomic E-state index is 0.182. The second-order valence-electron chi connectivity index (χ2n) is 2.79. The second-order valence-corrected chi connectivity index (χ2v) is 3.96. The summed E-state index contributed by atoms with van der Waals surface area (Å²) in [6, 6.07) is 1.51. The van der Waals surface area contributed by atoms with Gasteiger partial charge < -0.3 is 9.84 Å². The lowest BCUT2D eigenvalue weighted by Gasteiger charge is -2.06. The van der Waals surface area contributed by atoms with Gasteiger partial charge in [-0.25, -0.2) is 4.98 Å². The zero-order valence-electron chi connectivity index (χ0n) is 7.75. The van der Waals surface area contributed by atoms with Gasteiger partial charge in [0.1, 0.15) is 11.0 Å². The molecule has 0 aromatic carbocycles. The fraction of sp³-hybridized carbons (Fsp3) is 0.125. The van der Waals surface area contributed by atoms with E-state index in [-0.39, 0.29) is 5.15 Å². The van der Waals surface area contributed by atoms with Crippen molar-refractivity contribution in [3.63, 3.8) is 0 Å². The van der Waals surface area contributed by atoms with E-state index in [1.54, 1.807) is 0 Å². The van der Waals surface area contributed by atoms with Crippen molar-refractivity contribution < 1.29 is 4.52 Å². The summed E-state index contributed by atoms with van der Waals surface area (Å²) >= 11 is 17.4. The van der Waals surface area contributed by atoms with Gasteiger partial charge in [-0.15, -0.1) is 0 Å². The van der Waals surface area contributed by atoms with E-state index < -0.39 is 0 Å². The molecule has 0 fully saturated rings. The number of aromatic nitrogens is 3. The molecule has 0 radical (unpaired) electrons. The highest BCUT2D eigenvalue weighted by molar-refractivity contribution is 6.42. The molecule has 2 aromatic rings. The third-order valence-corrected chi connectivity index (χ3v) is 2.67. The summed E-state index contributed by atoms with van der Waals surface area (Å²) in [7, 11) is 0. The molecule has 0 bridgehead atoms. The van der Waals surface area contributed by atoms with Crippen LogP contribution in [0.3, 0.4) is 0 Å². The minimum absolute atomic E-state index is 0.182. The standard InChI is InChI=1S/C8H5Cl3N4O/c9-4-1-5(10)8(14-7(4)11)12-2-6-13-3-16-15-6/h1,3H,2H2,(H,12,14). The maximum Gasteiger partial charge on any atom is 0.213 e. The molecule has 16 heavy (non-hydrogen) atoms. The van der Waals surface area contributed by atoms with Gasteiger partial charge in [0.15, 0.2) is 5.82 Å². The number of hydrogen-bond acceptors (Lipinski definition) is 5. The van der Waals surface area contributed by atoms with E-state index in [0.717, 1.165) is 0 Å². The Kier molecular flexibility index (Phi) is 3.48. The first-order valence-corrected chi connectivity index (χ1v) is 5.31. The van der Waals surface area contributed by atoms with Crippen LogP contribution in [0.1, 0.15) is 5.82 Å². The molecular weight excluding hydrogens is 274 g/mol. The Morgan fingerprint density at radius 2 is 2.06 bits per heavy atom. The van der Waals surface area contributed by atoms with E-state index in [0.29, 0.717) is 28.2 Å². The van der Waals surface area contributed by atoms with Gasteiger partial charge >= 0.3 is 0 Å². The zero-order chi connectivity index (χ0) is 11.5. The van der Waals surface area contributed by atoms with Crippen molar-refractivity contribution >= 4 is 40.6 Å². The van der Waals surface area contributed by atoms with Gasteiger partial charge in [0, 0.05) is 0 Å². The number of pyridine rings is 1. The predicted molar refractivity (Wildman–Crippen MR) is 60.9 cm³/mol. The summed E-state index contributed by atoms with van der Waals surface area (Å²) in [5.41, 5.74) is 0. The number of rotatable bonds is 3. The van der Waals surface area contributed by atoms with Crippen LogP contribution in [-0.2, 0) is 6.54 Å². The molecule has 0 spiro atoms. The van der Waals surface area contributed by atoms with Gasteiger partial charge in [-0.2, -0.15) is 4.98 Å². The molecule has 0 unspecified atom stereocenters. The highest BCUT2D eigenvalue weighted by atomic mass is 35.5. The van der Waals surface area contributed by atoms with Gasteiger partial charge in [0.25, 0.3) is 0 Å². The topological polar surface area (TPSA) is 63.8 Å². The first-order chi connectivity index (χ1) is 7.66. The molecule has 0 amide bonds. The molecule has 0 saturated carbocycles. The van der Waals surface area contributed by atoms with Crippen molar-refractivity contribution in [3.8, 4) is 0 Å². The van der Waals surface area contributed by atoms with E-state index in [1.165, 1.54) is 12.5 Å². The molecule has 8 heteroatoms. The average Bonchev–Trinajstić information content (AvgIpc) is 2.74. The Morgan fingerprint density at radius 1 is 1.25 bits per heavy atom. The molecule has 84 valence electrons. The Balaban J connectivity index is 2.12. The Bertz CT molecular complexity index is 488. The summed E-state index contributed by atoms with van der Waals surface area (Å²) < 4.78 is 4.57. The van der Waals surface area contributed by atoms with E-state index in [1.807, 2.05) is 0 Å². The van der Waals surface area contributed by atoms with Crippen molar-refractivity contribution in [2.24, 2.45) is 0 Å². The van der Waals surface area contributed by atoms with Crippen molar-refractivity contribution in [1.29, 1.82) is 0 Å². The predicted octanol–water partition coefficient (Wildman–Crippen LogP) is 3.04. The van der Waals surface area contributed by atoms with Crippen molar-refractivity contribution in [1.82, 2.24) is 15.1 Å². The van der Waals surface area contributed by atoms with E-state index in [9.17, 15) is 0 Å². The van der Waals surface area contributed by atoms with E-state index >= 15 is 0 Å². The van der Waals surface area contributed by atoms with Crippen LogP contribution < -0.4 is 5.32 Å². The molecule has 1 N–H and O–H groups in total. The van der Waals surface area contributed by atoms with Gasteiger partial charge in [-0.1, -0.05) is 40.0 Å². The number of anilines is 1. The summed E-state index contributed by atoms with van der Waals surface area (Å²) in [6.45, 7) is 0.335. The fourth-order valence-corrected chi connectivity index (χ4v) is 1.57. The van der Waals surface area contributed by atoms with Crippen molar-refractivity contribution in [2.45, 2.75) is 6.54 Å². The van der Waals surface area contributed by atoms with Crippen molar-refractivity contribution in [3.05, 3.63) is 33.5 Å². The molecule has 2 aromatic heterocycles. The first kappa shape index (κ1) is 11.4. The zero-order valence-corrected chi connectivity index (χ0v) is 10.0. The van der Waals surface area contributed by atoms with E-state index in [4.69, 9.17) is 34.8 Å². The van der Waals surface area contributed by atoms with Crippen LogP contribution in [0.2, 0.25) is 15.2 Å². The fourth-order valence-electron chi connectivity index (χ4n) is 1.00. The lowest BCUT2D eigenvalue weighted by Crippen LogP contribution is -2.03. The quantitative estimate of drug-likeness (QED) is 0.875. The molecule has 0 aliphatic heterocycles. The normalized spacial score (nSPS) is 10.4. The summed E-state index contributed by atoms with van der Waals surface area (Å²) in [5.74, 6) is 0.907. The number of hydrogen-bond donors (Lipinski definition) is 1. The Morgan fingerprint density at radius 3 is 2.75 bits per heavy atom. The molecular formula is C8H5Cl3N4O. The molecule has 5 nitrogen and oxygen atoms in total. The lowest BCUT2D eigenvalue weighted by atomic mass is 10.4. The van der Waals surface area contributed by atoms with Gasteiger partial charge in [-0.3, -0.25) is 0 Å². The summed E-state index contributed by atoms with van der Waals surface area (Å²) in [4.78, 5) is 7.81. The SMILES string of the molecule is Clc1cc(Cl)c(NCc2ncon2)nc1Cl. The third kappa shape index (κ3) is 2.55. The number of nitrogens with zero attached hydrogens (tertiary/aromatic N) is 3.